The van der Waals surface area contributed by atoms with Crippen LogP contribution in [0.4, 0.5) is 19.4 Å². The summed E-state index contributed by atoms with van der Waals surface area (Å²) in [5.41, 5.74) is 0.389. The number of ether oxygens (including phenoxy) is 1. The van der Waals surface area contributed by atoms with Gasteiger partial charge in [-0.1, -0.05) is 34.1 Å². The zero-order chi connectivity index (χ0) is 27.0. The SMILES string of the molecule is C[C@@H](Nc1ncnc2c(O)cc(Br)cc12)c1cccc(C(F)(F)C2CCN(C(=O)OC(C)(C)C)CC2)c1. The molecule has 1 amide bonds. The summed E-state index contributed by atoms with van der Waals surface area (Å²) >= 11 is 3.37. The Morgan fingerprint density at radius 2 is 1.89 bits per heavy atom. The van der Waals surface area contributed by atoms with E-state index in [-0.39, 0.29) is 43.3 Å². The molecule has 0 unspecified atom stereocenters. The molecule has 10 heteroatoms. The lowest BCUT2D eigenvalue weighted by atomic mass is 9.85. The quantitative estimate of drug-likeness (QED) is 0.339. The number of phenolic OH excluding ortho intramolecular Hbond substituents is 1. The third kappa shape index (κ3) is 6.11. The van der Waals surface area contributed by atoms with Crippen LogP contribution in [0, 0.1) is 5.92 Å². The minimum Gasteiger partial charge on any atom is -0.506 e. The van der Waals surface area contributed by atoms with Gasteiger partial charge in [0.1, 0.15) is 29.0 Å². The van der Waals surface area contributed by atoms with Crippen LogP contribution >= 0.6 is 15.9 Å². The van der Waals surface area contributed by atoms with Crippen molar-refractivity contribution in [1.29, 1.82) is 0 Å². The second-order valence-electron chi connectivity index (χ2n) is 10.4. The Kier molecular flexibility index (Phi) is 7.60. The van der Waals surface area contributed by atoms with Crippen LogP contribution in [-0.4, -0.2) is 44.8 Å². The van der Waals surface area contributed by atoms with Gasteiger partial charge in [-0.05, 0) is 64.3 Å². The fraction of sp³-hybridized carbons (Fsp3) is 0.444. The molecule has 1 saturated heterocycles. The fourth-order valence-electron chi connectivity index (χ4n) is 4.52. The lowest BCUT2D eigenvalue weighted by Gasteiger charge is -2.36. The topological polar surface area (TPSA) is 87.6 Å². The van der Waals surface area contributed by atoms with Gasteiger partial charge in [-0.15, -0.1) is 0 Å². The number of carbonyl (C=O) groups is 1. The van der Waals surface area contributed by atoms with Gasteiger partial charge in [0.05, 0.1) is 0 Å². The van der Waals surface area contributed by atoms with Crippen LogP contribution < -0.4 is 5.32 Å². The van der Waals surface area contributed by atoms with Crippen LogP contribution in [0.1, 0.15) is 57.7 Å². The van der Waals surface area contributed by atoms with Gasteiger partial charge in [-0.2, -0.15) is 0 Å². The number of nitrogens with zero attached hydrogens (tertiary/aromatic N) is 3. The largest absolute Gasteiger partial charge is 0.506 e. The molecule has 1 aromatic heterocycles. The number of aromatic hydroxyl groups is 1. The van der Waals surface area contributed by atoms with E-state index in [9.17, 15) is 9.90 Å². The monoisotopic (exact) mass is 576 g/mol. The van der Waals surface area contributed by atoms with Gasteiger partial charge >= 0.3 is 6.09 Å². The third-order valence-corrected chi connectivity index (χ3v) is 6.93. The first kappa shape index (κ1) is 27.0. The summed E-state index contributed by atoms with van der Waals surface area (Å²) in [6, 6.07) is 9.39. The van der Waals surface area contributed by atoms with Crippen molar-refractivity contribution in [3.05, 3.63) is 58.3 Å². The highest BCUT2D eigenvalue weighted by Crippen LogP contribution is 2.42. The molecule has 37 heavy (non-hydrogen) atoms. The molecule has 0 saturated carbocycles. The predicted octanol–water partition coefficient (Wildman–Crippen LogP) is 7.01. The van der Waals surface area contributed by atoms with Gasteiger partial charge in [-0.25, -0.2) is 23.5 Å². The second-order valence-corrected chi connectivity index (χ2v) is 11.3. The maximum atomic E-state index is 15.6. The number of likely N-dealkylation sites (tertiary alicyclic amines) is 1. The number of benzene rings is 2. The number of rotatable bonds is 5. The number of piperidine rings is 1. The number of amides is 1. The minimum atomic E-state index is -3.05. The maximum Gasteiger partial charge on any atom is 0.410 e. The summed E-state index contributed by atoms with van der Waals surface area (Å²) in [4.78, 5) is 22.3. The van der Waals surface area contributed by atoms with Crippen molar-refractivity contribution < 1.29 is 23.4 Å². The smallest absolute Gasteiger partial charge is 0.410 e. The van der Waals surface area contributed by atoms with Crippen molar-refractivity contribution in [2.45, 2.75) is 58.1 Å². The Labute approximate surface area is 223 Å². The average molecular weight is 577 g/mol. The third-order valence-electron chi connectivity index (χ3n) is 6.47. The number of halogens is 3. The molecule has 0 aliphatic carbocycles. The molecule has 2 N–H and O–H groups in total. The number of phenols is 1. The molecule has 4 rings (SSSR count). The summed E-state index contributed by atoms with van der Waals surface area (Å²) < 4.78 is 37.2. The summed E-state index contributed by atoms with van der Waals surface area (Å²) in [5.74, 6) is -3.42. The Morgan fingerprint density at radius 3 is 2.57 bits per heavy atom. The molecule has 0 radical (unpaired) electrons. The molecular formula is C27H31BrF2N4O3. The Bertz CT molecular complexity index is 1290. The van der Waals surface area contributed by atoms with Gasteiger partial charge in [0.25, 0.3) is 5.92 Å². The molecule has 198 valence electrons. The van der Waals surface area contributed by atoms with E-state index in [1.165, 1.54) is 23.4 Å². The van der Waals surface area contributed by atoms with Crippen molar-refractivity contribution in [1.82, 2.24) is 14.9 Å². The maximum absolute atomic E-state index is 15.6. The van der Waals surface area contributed by atoms with E-state index in [1.54, 1.807) is 45.0 Å². The number of carbonyl (C=O) groups excluding carboxylic acids is 1. The number of anilines is 1. The number of nitrogens with one attached hydrogen (secondary N) is 1. The molecule has 0 spiro atoms. The molecule has 2 aromatic carbocycles. The van der Waals surface area contributed by atoms with Gasteiger partial charge in [-0.3, -0.25) is 0 Å². The fourth-order valence-corrected chi connectivity index (χ4v) is 4.97. The van der Waals surface area contributed by atoms with E-state index in [0.29, 0.717) is 26.8 Å². The van der Waals surface area contributed by atoms with E-state index in [0.717, 1.165) is 0 Å². The molecule has 1 aliphatic rings. The minimum absolute atomic E-state index is 0.0156. The van der Waals surface area contributed by atoms with E-state index in [1.807, 2.05) is 6.92 Å². The summed E-state index contributed by atoms with van der Waals surface area (Å²) in [7, 11) is 0. The molecule has 1 atom stereocenters. The first-order chi connectivity index (χ1) is 17.3. The zero-order valence-corrected chi connectivity index (χ0v) is 22.8. The molecule has 7 nitrogen and oxygen atoms in total. The van der Waals surface area contributed by atoms with Crippen molar-refractivity contribution in [3.8, 4) is 5.75 Å². The highest BCUT2D eigenvalue weighted by Gasteiger charge is 2.43. The Balaban J connectivity index is 1.48. The Hall–Kier alpha value is -3.01. The number of alkyl halides is 2. The van der Waals surface area contributed by atoms with E-state index < -0.39 is 23.5 Å². The van der Waals surface area contributed by atoms with E-state index in [2.05, 4.69) is 31.2 Å². The lowest BCUT2D eigenvalue weighted by Crippen LogP contribution is -2.44. The van der Waals surface area contributed by atoms with Gasteiger partial charge in [0, 0.05) is 40.5 Å². The van der Waals surface area contributed by atoms with Gasteiger partial charge in [0.15, 0.2) is 0 Å². The average Bonchev–Trinajstić information content (AvgIpc) is 2.83. The van der Waals surface area contributed by atoms with Crippen LogP contribution in [-0.2, 0) is 10.7 Å². The van der Waals surface area contributed by atoms with Gasteiger partial charge < -0.3 is 20.1 Å². The molecule has 3 aromatic rings. The second kappa shape index (κ2) is 10.4. The molecule has 1 aliphatic heterocycles. The summed E-state index contributed by atoms with van der Waals surface area (Å²) in [6.07, 6.45) is 1.26. The standard InChI is InChI=1S/C27H31BrF2N4O3/c1-16(33-24-21-13-20(28)14-22(35)23(21)31-15-32-24)17-6-5-7-19(12-17)27(29,30)18-8-10-34(11-9-18)25(36)37-26(2,3)4/h5-7,12-16,18,35H,8-11H2,1-4H3,(H,31,32,33)/t16-/m1/s1. The van der Waals surface area contributed by atoms with E-state index >= 15 is 8.78 Å². The zero-order valence-electron chi connectivity index (χ0n) is 21.3. The van der Waals surface area contributed by atoms with Crippen molar-refractivity contribution in [2.75, 3.05) is 18.4 Å². The predicted molar refractivity (Wildman–Crippen MR) is 142 cm³/mol. The van der Waals surface area contributed by atoms with Crippen molar-refractivity contribution >= 4 is 38.7 Å². The van der Waals surface area contributed by atoms with Crippen LogP contribution in [0.25, 0.3) is 10.9 Å². The number of hydrogen-bond acceptors (Lipinski definition) is 6. The van der Waals surface area contributed by atoms with Gasteiger partial charge in [0.2, 0.25) is 0 Å². The van der Waals surface area contributed by atoms with Crippen LogP contribution in [0.5, 0.6) is 5.75 Å². The van der Waals surface area contributed by atoms with E-state index in [4.69, 9.17) is 4.74 Å². The van der Waals surface area contributed by atoms with Crippen molar-refractivity contribution in [2.24, 2.45) is 5.92 Å². The molecular weight excluding hydrogens is 546 g/mol. The Morgan fingerprint density at radius 1 is 1.19 bits per heavy atom. The summed E-state index contributed by atoms with van der Waals surface area (Å²) in [6.45, 7) is 7.68. The molecule has 0 bridgehead atoms. The highest BCUT2D eigenvalue weighted by atomic mass is 79.9. The summed E-state index contributed by atoms with van der Waals surface area (Å²) in [5, 5.41) is 14.1. The van der Waals surface area contributed by atoms with Crippen molar-refractivity contribution in [3.63, 3.8) is 0 Å². The van der Waals surface area contributed by atoms with Crippen LogP contribution in [0.15, 0.2) is 47.2 Å². The first-order valence-electron chi connectivity index (χ1n) is 12.2. The number of aromatic nitrogens is 2. The number of fused-ring (bicyclic) bond motifs is 1. The van der Waals surface area contributed by atoms with Crippen LogP contribution in [0.3, 0.4) is 0 Å². The lowest BCUT2D eigenvalue weighted by molar-refractivity contribution is -0.0861. The highest BCUT2D eigenvalue weighted by molar-refractivity contribution is 9.10. The molecule has 2 heterocycles. The first-order valence-corrected chi connectivity index (χ1v) is 13.0. The van der Waals surface area contributed by atoms with Crippen LogP contribution in [0.2, 0.25) is 0 Å². The number of hydrogen-bond donors (Lipinski definition) is 2. The molecule has 1 fully saturated rings. The normalized spacial score (nSPS) is 16.0.